The average Bonchev–Trinajstić information content (AvgIpc) is 3.22. The maximum absolute atomic E-state index is 12.7. The Balaban J connectivity index is 1.51. The minimum atomic E-state index is -0.0926. The first-order valence-electron chi connectivity index (χ1n) is 10.2. The number of hydrogen-bond donors (Lipinski definition) is 1. The summed E-state index contributed by atoms with van der Waals surface area (Å²) in [6, 6.07) is 8.50. The minimum absolute atomic E-state index is 0.0926. The molecule has 154 valence electrons. The van der Waals surface area contributed by atoms with Crippen LogP contribution in [-0.4, -0.2) is 52.0 Å². The lowest BCUT2D eigenvalue weighted by molar-refractivity contribution is 0.0940. The first-order chi connectivity index (χ1) is 14.1. The SMILES string of the molecule is COCCCNC(=O)c1nn(C)c2c1CN(Cc1cn(C)c3ccccc13)CC2. The smallest absolute Gasteiger partial charge is 0.272 e. The number of carbonyl (C=O) groups excluding carboxylic acids is 1. The van der Waals surface area contributed by atoms with Crippen molar-refractivity contribution in [2.24, 2.45) is 14.1 Å². The predicted octanol–water partition coefficient (Wildman–Crippen LogP) is 2.24. The zero-order valence-corrected chi connectivity index (χ0v) is 17.4. The summed E-state index contributed by atoms with van der Waals surface area (Å²) < 4.78 is 9.10. The van der Waals surface area contributed by atoms with Crippen molar-refractivity contribution in [1.82, 2.24) is 24.6 Å². The molecule has 4 rings (SSSR count). The van der Waals surface area contributed by atoms with Crippen LogP contribution in [0.4, 0.5) is 0 Å². The Morgan fingerprint density at radius 3 is 2.93 bits per heavy atom. The molecule has 0 atom stereocenters. The third-order valence-electron chi connectivity index (χ3n) is 5.72. The second-order valence-electron chi connectivity index (χ2n) is 7.74. The number of rotatable bonds is 7. The second-order valence-corrected chi connectivity index (χ2v) is 7.74. The molecule has 0 aliphatic carbocycles. The van der Waals surface area contributed by atoms with E-state index < -0.39 is 0 Å². The zero-order valence-electron chi connectivity index (χ0n) is 17.4. The van der Waals surface area contributed by atoms with Gasteiger partial charge in [0.25, 0.3) is 5.91 Å². The van der Waals surface area contributed by atoms with E-state index in [-0.39, 0.29) is 5.91 Å². The maximum atomic E-state index is 12.7. The molecule has 1 aromatic carbocycles. The average molecular weight is 396 g/mol. The number of methoxy groups -OCH3 is 1. The Labute approximate surface area is 171 Å². The van der Waals surface area contributed by atoms with Gasteiger partial charge in [-0.1, -0.05) is 18.2 Å². The maximum Gasteiger partial charge on any atom is 0.272 e. The summed E-state index contributed by atoms with van der Waals surface area (Å²) in [6.45, 7) is 3.81. The Kier molecular flexibility index (Phi) is 5.69. The van der Waals surface area contributed by atoms with E-state index in [1.165, 1.54) is 22.2 Å². The standard InChI is InChI=1S/C22H29N5O2/c1-25-13-16(17-7-4-5-8-19(17)25)14-27-11-9-20-18(15-27)21(24-26(20)2)22(28)23-10-6-12-29-3/h4-5,7-8,13H,6,9-12,14-15H2,1-3H3,(H,23,28). The van der Waals surface area contributed by atoms with E-state index in [9.17, 15) is 4.79 Å². The van der Waals surface area contributed by atoms with Crippen molar-refractivity contribution in [3.8, 4) is 0 Å². The summed E-state index contributed by atoms with van der Waals surface area (Å²) in [4.78, 5) is 15.1. The highest BCUT2D eigenvalue weighted by Crippen LogP contribution is 2.26. The fourth-order valence-corrected chi connectivity index (χ4v) is 4.26. The van der Waals surface area contributed by atoms with Gasteiger partial charge in [0.1, 0.15) is 0 Å². The van der Waals surface area contributed by atoms with Gasteiger partial charge in [0.05, 0.1) is 0 Å². The Morgan fingerprint density at radius 1 is 1.28 bits per heavy atom. The molecule has 29 heavy (non-hydrogen) atoms. The van der Waals surface area contributed by atoms with Gasteiger partial charge in [0.2, 0.25) is 0 Å². The number of ether oxygens (including phenoxy) is 1. The molecule has 1 aliphatic heterocycles. The van der Waals surface area contributed by atoms with Crippen LogP contribution in [0, 0.1) is 0 Å². The molecule has 0 unspecified atom stereocenters. The van der Waals surface area contributed by atoms with Crippen LogP contribution in [0.15, 0.2) is 30.5 Å². The molecule has 3 heterocycles. The fourth-order valence-electron chi connectivity index (χ4n) is 4.26. The van der Waals surface area contributed by atoms with Crippen molar-refractivity contribution in [2.75, 3.05) is 26.8 Å². The van der Waals surface area contributed by atoms with E-state index in [0.29, 0.717) is 18.8 Å². The lowest BCUT2D eigenvalue weighted by Gasteiger charge is -2.27. The molecular formula is C22H29N5O2. The van der Waals surface area contributed by atoms with E-state index >= 15 is 0 Å². The van der Waals surface area contributed by atoms with Crippen molar-refractivity contribution in [1.29, 1.82) is 0 Å². The molecule has 1 amide bonds. The highest BCUT2D eigenvalue weighted by atomic mass is 16.5. The van der Waals surface area contributed by atoms with Crippen LogP contribution in [0.5, 0.6) is 0 Å². The van der Waals surface area contributed by atoms with Crippen LogP contribution in [0.2, 0.25) is 0 Å². The molecule has 0 radical (unpaired) electrons. The zero-order chi connectivity index (χ0) is 20.4. The molecule has 0 saturated carbocycles. The number of hydrogen-bond acceptors (Lipinski definition) is 4. The molecule has 3 aromatic rings. The number of aromatic nitrogens is 3. The molecule has 0 bridgehead atoms. The van der Waals surface area contributed by atoms with Crippen LogP contribution in [0.1, 0.15) is 33.7 Å². The molecule has 1 N–H and O–H groups in total. The Morgan fingerprint density at radius 2 is 2.10 bits per heavy atom. The molecule has 0 spiro atoms. The topological polar surface area (TPSA) is 64.3 Å². The summed E-state index contributed by atoms with van der Waals surface area (Å²) in [7, 11) is 5.69. The molecule has 7 nitrogen and oxygen atoms in total. The van der Waals surface area contributed by atoms with E-state index in [1.54, 1.807) is 7.11 Å². The second kappa shape index (κ2) is 8.39. The largest absolute Gasteiger partial charge is 0.385 e. The van der Waals surface area contributed by atoms with Gasteiger partial charge in [-0.05, 0) is 18.1 Å². The van der Waals surface area contributed by atoms with Gasteiger partial charge < -0.3 is 14.6 Å². The summed E-state index contributed by atoms with van der Waals surface area (Å²) >= 11 is 0. The minimum Gasteiger partial charge on any atom is -0.385 e. The van der Waals surface area contributed by atoms with Crippen LogP contribution >= 0.6 is 0 Å². The summed E-state index contributed by atoms with van der Waals surface area (Å²) in [6.07, 6.45) is 3.91. The number of fused-ring (bicyclic) bond motifs is 2. The van der Waals surface area contributed by atoms with Crippen molar-refractivity contribution in [2.45, 2.75) is 25.9 Å². The monoisotopic (exact) mass is 395 g/mol. The number of para-hydroxylation sites is 1. The molecule has 0 fully saturated rings. The van der Waals surface area contributed by atoms with Crippen LogP contribution in [0.3, 0.4) is 0 Å². The third kappa shape index (κ3) is 3.93. The number of benzene rings is 1. The first kappa shape index (κ1) is 19.7. The fraction of sp³-hybridized carbons (Fsp3) is 0.455. The van der Waals surface area contributed by atoms with Crippen LogP contribution in [-0.2, 0) is 38.3 Å². The van der Waals surface area contributed by atoms with Gasteiger partial charge in [0.15, 0.2) is 5.69 Å². The van der Waals surface area contributed by atoms with Gasteiger partial charge in [-0.25, -0.2) is 0 Å². The van der Waals surface area contributed by atoms with E-state index in [0.717, 1.165) is 38.0 Å². The highest BCUT2D eigenvalue weighted by Gasteiger charge is 2.27. The Hall–Kier alpha value is -2.64. The third-order valence-corrected chi connectivity index (χ3v) is 5.72. The lowest BCUT2D eigenvalue weighted by atomic mass is 10.0. The van der Waals surface area contributed by atoms with Crippen molar-refractivity contribution < 1.29 is 9.53 Å². The quantitative estimate of drug-likeness (QED) is 0.623. The van der Waals surface area contributed by atoms with Crippen molar-refractivity contribution in [3.05, 3.63) is 53.0 Å². The summed E-state index contributed by atoms with van der Waals surface area (Å²) in [5, 5.41) is 8.80. The van der Waals surface area contributed by atoms with E-state index in [1.807, 2.05) is 11.7 Å². The summed E-state index contributed by atoms with van der Waals surface area (Å²) in [5.41, 5.74) is 5.35. The van der Waals surface area contributed by atoms with Gasteiger partial charge in [-0.3, -0.25) is 14.4 Å². The van der Waals surface area contributed by atoms with E-state index in [2.05, 4.69) is 57.4 Å². The predicted molar refractivity (Wildman–Crippen MR) is 113 cm³/mol. The van der Waals surface area contributed by atoms with Crippen LogP contribution in [0.25, 0.3) is 10.9 Å². The number of carbonyl (C=O) groups is 1. The number of aryl methyl sites for hydroxylation is 2. The van der Waals surface area contributed by atoms with Gasteiger partial charge in [-0.15, -0.1) is 0 Å². The van der Waals surface area contributed by atoms with Gasteiger partial charge in [0, 0.05) is 88.8 Å². The number of nitrogens with one attached hydrogen (secondary N) is 1. The van der Waals surface area contributed by atoms with Crippen molar-refractivity contribution >= 4 is 16.8 Å². The number of amides is 1. The highest BCUT2D eigenvalue weighted by molar-refractivity contribution is 5.94. The molecule has 2 aromatic heterocycles. The Bertz CT molecular complexity index is 1020. The van der Waals surface area contributed by atoms with Gasteiger partial charge in [-0.2, -0.15) is 5.10 Å². The number of nitrogens with zero attached hydrogens (tertiary/aromatic N) is 4. The van der Waals surface area contributed by atoms with Crippen LogP contribution < -0.4 is 5.32 Å². The summed E-state index contributed by atoms with van der Waals surface area (Å²) in [5.74, 6) is -0.0926. The lowest BCUT2D eigenvalue weighted by Crippen LogP contribution is -2.32. The molecule has 1 aliphatic rings. The van der Waals surface area contributed by atoms with E-state index in [4.69, 9.17) is 4.74 Å². The molecule has 7 heteroatoms. The molecular weight excluding hydrogens is 366 g/mol. The normalized spacial score (nSPS) is 14.3. The molecule has 0 saturated heterocycles. The van der Waals surface area contributed by atoms with Crippen molar-refractivity contribution in [3.63, 3.8) is 0 Å². The first-order valence-corrected chi connectivity index (χ1v) is 10.2. The van der Waals surface area contributed by atoms with Gasteiger partial charge >= 0.3 is 0 Å².